The quantitative estimate of drug-likeness (QED) is 0.267. The minimum absolute atomic E-state index is 0.0225. The zero-order chi connectivity index (χ0) is 30.9. The maximum absolute atomic E-state index is 14.1. The third-order valence-electron chi connectivity index (χ3n) is 6.78. The van der Waals surface area contributed by atoms with Crippen molar-refractivity contribution in [2.45, 2.75) is 51.1 Å². The Morgan fingerprint density at radius 1 is 0.952 bits per heavy atom. The fourth-order valence-electron chi connectivity index (χ4n) is 4.44. The number of hydrogen-bond acceptors (Lipinski definition) is 6. The molecule has 3 rings (SSSR count). The van der Waals surface area contributed by atoms with E-state index in [1.807, 2.05) is 13.8 Å². The van der Waals surface area contributed by atoms with Gasteiger partial charge in [0.15, 0.2) is 11.5 Å². The second-order valence-electron chi connectivity index (χ2n) is 9.69. The number of nitrogens with zero attached hydrogens (tertiary/aromatic N) is 2. The lowest BCUT2D eigenvalue weighted by molar-refractivity contribution is -0.140. The first kappa shape index (κ1) is 32.8. The highest BCUT2D eigenvalue weighted by Gasteiger charge is 2.34. The number of sulfonamides is 1. The monoisotopic (exact) mass is 615 g/mol. The molecule has 0 aromatic heterocycles. The van der Waals surface area contributed by atoms with Gasteiger partial charge in [0.05, 0.1) is 24.8 Å². The lowest BCUT2D eigenvalue weighted by Gasteiger charge is -2.33. The van der Waals surface area contributed by atoms with Crippen molar-refractivity contribution in [1.29, 1.82) is 0 Å². The summed E-state index contributed by atoms with van der Waals surface area (Å²) in [6, 6.07) is 17.3. The summed E-state index contributed by atoms with van der Waals surface area (Å²) in [5, 5.41) is 3.30. The van der Waals surface area contributed by atoms with E-state index in [9.17, 15) is 18.0 Å². The number of anilines is 1. The number of aryl methyl sites for hydroxylation is 1. The molecule has 0 saturated heterocycles. The maximum atomic E-state index is 14.1. The predicted molar refractivity (Wildman–Crippen MR) is 165 cm³/mol. The fraction of sp³-hybridized carbons (Fsp3) is 0.355. The molecule has 0 bridgehead atoms. The van der Waals surface area contributed by atoms with E-state index in [0.29, 0.717) is 35.0 Å². The smallest absolute Gasteiger partial charge is 0.264 e. The standard InChI is InChI=1S/C31H38ClN3O6S/c1-6-18-33-31(37)27(7-2)34(20-23-10-8-9-11-26(23)32)30(36)21-35(24-14-12-22(3)13-15-24)42(38,39)25-16-17-28(40-4)29(19-25)41-5/h8-17,19,27H,6-7,18,20-21H2,1-5H3,(H,33,37)/t27-/m1/s1. The average Bonchev–Trinajstić information content (AvgIpc) is 2.99. The van der Waals surface area contributed by atoms with E-state index < -0.39 is 28.5 Å². The van der Waals surface area contributed by atoms with Crippen molar-refractivity contribution < 1.29 is 27.5 Å². The van der Waals surface area contributed by atoms with Gasteiger partial charge in [0, 0.05) is 24.2 Å². The van der Waals surface area contributed by atoms with Crippen LogP contribution in [0.5, 0.6) is 11.5 Å². The van der Waals surface area contributed by atoms with Crippen LogP contribution in [0.1, 0.15) is 37.8 Å². The third-order valence-corrected chi connectivity index (χ3v) is 8.92. The van der Waals surface area contributed by atoms with E-state index in [1.165, 1.54) is 37.3 Å². The molecule has 42 heavy (non-hydrogen) atoms. The minimum atomic E-state index is -4.28. The first-order valence-corrected chi connectivity index (χ1v) is 15.5. The summed E-state index contributed by atoms with van der Waals surface area (Å²) in [4.78, 5) is 28.7. The van der Waals surface area contributed by atoms with Gasteiger partial charge < -0.3 is 19.7 Å². The van der Waals surface area contributed by atoms with Gasteiger partial charge >= 0.3 is 0 Å². The van der Waals surface area contributed by atoms with Gasteiger partial charge in [0.25, 0.3) is 10.0 Å². The Labute approximate surface area is 253 Å². The number of rotatable bonds is 14. The summed E-state index contributed by atoms with van der Waals surface area (Å²) >= 11 is 6.44. The van der Waals surface area contributed by atoms with Crippen molar-refractivity contribution in [1.82, 2.24) is 10.2 Å². The molecular weight excluding hydrogens is 578 g/mol. The first-order chi connectivity index (χ1) is 20.1. The van der Waals surface area contributed by atoms with Crippen LogP contribution in [0.15, 0.2) is 71.6 Å². The van der Waals surface area contributed by atoms with E-state index in [4.69, 9.17) is 21.1 Å². The Kier molecular flexibility index (Phi) is 11.6. The summed E-state index contributed by atoms with van der Waals surface area (Å²) < 4.78 is 39.9. The lowest BCUT2D eigenvalue weighted by Crippen LogP contribution is -2.52. The molecule has 1 N–H and O–H groups in total. The molecule has 1 atom stereocenters. The zero-order valence-electron chi connectivity index (χ0n) is 24.6. The van der Waals surface area contributed by atoms with Crippen molar-refractivity contribution >= 4 is 39.1 Å². The first-order valence-electron chi connectivity index (χ1n) is 13.7. The number of ether oxygens (including phenoxy) is 2. The predicted octanol–water partition coefficient (Wildman–Crippen LogP) is 5.19. The molecule has 3 aromatic carbocycles. The number of carbonyl (C=O) groups is 2. The van der Waals surface area contributed by atoms with Gasteiger partial charge in [-0.1, -0.05) is 61.3 Å². The molecular formula is C31H38ClN3O6S. The summed E-state index contributed by atoms with van der Waals surface area (Å²) in [7, 11) is -1.41. The second kappa shape index (κ2) is 14.9. The molecule has 2 amide bonds. The highest BCUT2D eigenvalue weighted by atomic mass is 35.5. The van der Waals surface area contributed by atoms with Crippen LogP contribution >= 0.6 is 11.6 Å². The number of amides is 2. The van der Waals surface area contributed by atoms with E-state index in [1.54, 1.807) is 55.5 Å². The Morgan fingerprint density at radius 3 is 2.21 bits per heavy atom. The normalized spacial score (nSPS) is 11.9. The van der Waals surface area contributed by atoms with Crippen molar-refractivity contribution in [3.05, 3.63) is 82.9 Å². The molecule has 0 saturated carbocycles. The van der Waals surface area contributed by atoms with Gasteiger partial charge in [-0.2, -0.15) is 0 Å². The molecule has 0 aliphatic carbocycles. The van der Waals surface area contributed by atoms with Crippen LogP contribution in [0.3, 0.4) is 0 Å². The molecule has 0 unspecified atom stereocenters. The van der Waals surface area contributed by atoms with Crippen LogP contribution in [0.25, 0.3) is 0 Å². The van der Waals surface area contributed by atoms with Crippen LogP contribution < -0.4 is 19.1 Å². The molecule has 0 spiro atoms. The van der Waals surface area contributed by atoms with Gasteiger partial charge in [0.2, 0.25) is 11.8 Å². The Hall–Kier alpha value is -3.76. The highest BCUT2D eigenvalue weighted by molar-refractivity contribution is 7.92. The second-order valence-corrected chi connectivity index (χ2v) is 12.0. The van der Waals surface area contributed by atoms with Gasteiger partial charge in [-0.05, 0) is 55.7 Å². The van der Waals surface area contributed by atoms with E-state index in [-0.39, 0.29) is 23.1 Å². The molecule has 226 valence electrons. The molecule has 11 heteroatoms. The van der Waals surface area contributed by atoms with Gasteiger partial charge in [0.1, 0.15) is 12.6 Å². The Bertz CT molecular complexity index is 1480. The van der Waals surface area contributed by atoms with Crippen molar-refractivity contribution in [2.75, 3.05) is 31.6 Å². The fourth-order valence-corrected chi connectivity index (χ4v) is 6.07. The highest BCUT2D eigenvalue weighted by Crippen LogP contribution is 2.32. The van der Waals surface area contributed by atoms with E-state index in [0.717, 1.165) is 16.3 Å². The number of methoxy groups -OCH3 is 2. The molecule has 0 radical (unpaired) electrons. The van der Waals surface area contributed by atoms with Crippen LogP contribution in [0.2, 0.25) is 5.02 Å². The van der Waals surface area contributed by atoms with Crippen LogP contribution in [-0.4, -0.2) is 58.5 Å². The molecule has 3 aromatic rings. The third kappa shape index (κ3) is 7.74. The molecule has 0 fully saturated rings. The topological polar surface area (TPSA) is 105 Å². The van der Waals surface area contributed by atoms with Crippen LogP contribution in [0, 0.1) is 6.92 Å². The van der Waals surface area contributed by atoms with Crippen molar-refractivity contribution in [3.63, 3.8) is 0 Å². The van der Waals surface area contributed by atoms with E-state index >= 15 is 0 Å². The Balaban J connectivity index is 2.10. The maximum Gasteiger partial charge on any atom is 0.264 e. The number of hydrogen-bond donors (Lipinski definition) is 1. The number of nitrogens with one attached hydrogen (secondary N) is 1. The molecule has 0 aliphatic rings. The van der Waals surface area contributed by atoms with Gasteiger partial charge in [-0.3, -0.25) is 13.9 Å². The van der Waals surface area contributed by atoms with Crippen LogP contribution in [0.4, 0.5) is 5.69 Å². The number of benzene rings is 3. The average molecular weight is 616 g/mol. The summed E-state index contributed by atoms with van der Waals surface area (Å²) in [5.41, 5.74) is 1.86. The largest absolute Gasteiger partial charge is 0.493 e. The van der Waals surface area contributed by atoms with E-state index in [2.05, 4.69) is 5.32 Å². The number of halogens is 1. The van der Waals surface area contributed by atoms with Crippen molar-refractivity contribution in [2.24, 2.45) is 0 Å². The summed E-state index contributed by atoms with van der Waals surface area (Å²) in [6.07, 6.45) is 1.05. The molecule has 9 nitrogen and oxygen atoms in total. The van der Waals surface area contributed by atoms with Gasteiger partial charge in [-0.25, -0.2) is 8.42 Å². The minimum Gasteiger partial charge on any atom is -0.493 e. The molecule has 0 aliphatic heterocycles. The molecule has 0 heterocycles. The van der Waals surface area contributed by atoms with Crippen LogP contribution in [-0.2, 0) is 26.2 Å². The number of carbonyl (C=O) groups excluding carboxylic acids is 2. The van der Waals surface area contributed by atoms with Gasteiger partial charge in [-0.15, -0.1) is 0 Å². The summed E-state index contributed by atoms with van der Waals surface area (Å²) in [6.45, 7) is 5.55. The van der Waals surface area contributed by atoms with Crippen molar-refractivity contribution in [3.8, 4) is 11.5 Å². The SMILES string of the molecule is CCCNC(=O)[C@@H](CC)N(Cc1ccccc1Cl)C(=O)CN(c1ccc(C)cc1)S(=O)(=O)c1ccc(OC)c(OC)c1. The summed E-state index contributed by atoms with van der Waals surface area (Å²) in [5.74, 6) is -0.278. The zero-order valence-corrected chi connectivity index (χ0v) is 26.2. The lowest BCUT2D eigenvalue weighted by atomic mass is 10.1. The Morgan fingerprint density at radius 2 is 1.62 bits per heavy atom.